The van der Waals surface area contributed by atoms with Crippen LogP contribution in [0.4, 0.5) is 0 Å². The lowest BCUT2D eigenvalue weighted by Crippen LogP contribution is -2.40. The number of fused-ring (bicyclic) bond motifs is 1. The molecule has 0 saturated carbocycles. The molecule has 1 atom stereocenters. The molecular formula is C18H22O3. The van der Waals surface area contributed by atoms with Crippen LogP contribution in [-0.4, -0.2) is 24.1 Å². The first-order valence-corrected chi connectivity index (χ1v) is 7.25. The van der Waals surface area contributed by atoms with Gasteiger partial charge in [-0.25, -0.2) is 0 Å². The number of hydrogen-bond acceptors (Lipinski definition) is 3. The second kappa shape index (κ2) is 6.85. The lowest BCUT2D eigenvalue weighted by molar-refractivity contribution is -0.251. The van der Waals surface area contributed by atoms with Crippen molar-refractivity contribution >= 4 is 10.8 Å². The first kappa shape index (κ1) is 15.7. The molecule has 0 aliphatic rings. The number of benzene rings is 2. The summed E-state index contributed by atoms with van der Waals surface area (Å²) >= 11 is 0. The number of ether oxygens (including phenoxy) is 2. The molecule has 0 aliphatic heterocycles. The van der Waals surface area contributed by atoms with Gasteiger partial charge in [-0.2, -0.15) is 0 Å². The Labute approximate surface area is 125 Å². The summed E-state index contributed by atoms with van der Waals surface area (Å²) in [5.74, 6) is -1.22. The molecule has 0 radical (unpaired) electrons. The van der Waals surface area contributed by atoms with Crippen LogP contribution < -0.4 is 0 Å². The molecule has 0 bridgehead atoms. The van der Waals surface area contributed by atoms with Crippen molar-refractivity contribution in [3.05, 3.63) is 60.7 Å². The second-order valence-corrected chi connectivity index (χ2v) is 4.80. The van der Waals surface area contributed by atoms with Crippen molar-refractivity contribution in [2.75, 3.05) is 13.2 Å². The van der Waals surface area contributed by atoms with E-state index in [-0.39, 0.29) is 0 Å². The summed E-state index contributed by atoms with van der Waals surface area (Å²) in [5.41, 5.74) is 0.746. The third kappa shape index (κ3) is 3.16. The van der Waals surface area contributed by atoms with Gasteiger partial charge in [0.2, 0.25) is 5.79 Å². The van der Waals surface area contributed by atoms with Gasteiger partial charge in [-0.15, -0.1) is 0 Å². The Balaban J connectivity index is 2.41. The van der Waals surface area contributed by atoms with E-state index in [1.165, 1.54) is 6.08 Å². The van der Waals surface area contributed by atoms with Gasteiger partial charge in [0, 0.05) is 13.2 Å². The van der Waals surface area contributed by atoms with Crippen molar-refractivity contribution in [1.29, 1.82) is 0 Å². The minimum Gasteiger partial charge on any atom is -0.382 e. The van der Waals surface area contributed by atoms with Crippen molar-refractivity contribution < 1.29 is 14.6 Å². The maximum atomic E-state index is 10.7. The fourth-order valence-corrected chi connectivity index (χ4v) is 2.49. The van der Waals surface area contributed by atoms with Gasteiger partial charge in [0.1, 0.15) is 6.10 Å². The van der Waals surface area contributed by atoms with Gasteiger partial charge in [0.05, 0.1) is 0 Å². The standard InChI is InChI=1S/C18H22O3/c1-4-18(20-5-2,21-6-3)17(19)16-12-11-14-9-7-8-10-15(14)13-16/h4,7-13,17,19H,1,5-6H2,2-3H3. The van der Waals surface area contributed by atoms with Crippen LogP contribution in [0.15, 0.2) is 55.1 Å². The zero-order valence-corrected chi connectivity index (χ0v) is 12.6. The molecule has 0 amide bonds. The van der Waals surface area contributed by atoms with Crippen LogP contribution in [0, 0.1) is 0 Å². The van der Waals surface area contributed by atoms with E-state index < -0.39 is 11.9 Å². The summed E-state index contributed by atoms with van der Waals surface area (Å²) in [6, 6.07) is 13.9. The largest absolute Gasteiger partial charge is 0.382 e. The molecule has 0 fully saturated rings. The first-order chi connectivity index (χ1) is 10.2. The highest BCUT2D eigenvalue weighted by Gasteiger charge is 2.38. The number of hydrogen-bond donors (Lipinski definition) is 1. The Hall–Kier alpha value is -1.68. The molecule has 2 rings (SSSR count). The van der Waals surface area contributed by atoms with Crippen LogP contribution >= 0.6 is 0 Å². The summed E-state index contributed by atoms with van der Waals surface area (Å²) in [5, 5.41) is 12.9. The van der Waals surface area contributed by atoms with E-state index in [0.717, 1.165) is 16.3 Å². The Kier molecular flexibility index (Phi) is 5.12. The van der Waals surface area contributed by atoms with Crippen LogP contribution in [0.1, 0.15) is 25.5 Å². The SMILES string of the molecule is C=CC(OCC)(OCC)C(O)c1ccc2ccccc2c1. The lowest BCUT2D eigenvalue weighted by Gasteiger charge is -2.34. The maximum absolute atomic E-state index is 10.7. The number of aliphatic hydroxyl groups excluding tert-OH is 1. The second-order valence-electron chi connectivity index (χ2n) is 4.80. The first-order valence-electron chi connectivity index (χ1n) is 7.25. The summed E-state index contributed by atoms with van der Waals surface area (Å²) in [7, 11) is 0. The molecule has 2 aromatic rings. The van der Waals surface area contributed by atoms with Crippen LogP contribution in [0.5, 0.6) is 0 Å². The van der Waals surface area contributed by atoms with Gasteiger partial charge < -0.3 is 14.6 Å². The molecule has 3 heteroatoms. The minimum atomic E-state index is -1.22. The number of rotatable bonds is 7. The fraction of sp³-hybridized carbons (Fsp3) is 0.333. The average molecular weight is 286 g/mol. The molecule has 112 valence electrons. The molecule has 0 spiro atoms. The van der Waals surface area contributed by atoms with Gasteiger partial charge in [0.15, 0.2) is 0 Å². The zero-order valence-electron chi connectivity index (χ0n) is 12.6. The van der Waals surface area contributed by atoms with E-state index in [1.54, 1.807) is 0 Å². The Morgan fingerprint density at radius 2 is 1.71 bits per heavy atom. The fourth-order valence-electron chi connectivity index (χ4n) is 2.49. The van der Waals surface area contributed by atoms with Gasteiger partial charge in [-0.3, -0.25) is 0 Å². The Bertz CT molecular complexity index is 600. The minimum absolute atomic E-state index is 0.427. The average Bonchev–Trinajstić information content (AvgIpc) is 2.53. The van der Waals surface area contributed by atoms with Crippen LogP contribution in [0.2, 0.25) is 0 Å². The molecular weight excluding hydrogens is 264 g/mol. The van der Waals surface area contributed by atoms with E-state index >= 15 is 0 Å². The number of aliphatic hydroxyl groups is 1. The Morgan fingerprint density at radius 3 is 2.29 bits per heavy atom. The predicted octanol–water partition coefficient (Wildman–Crippen LogP) is 3.83. The van der Waals surface area contributed by atoms with E-state index in [4.69, 9.17) is 9.47 Å². The van der Waals surface area contributed by atoms with Crippen molar-refractivity contribution in [3.8, 4) is 0 Å². The van der Waals surface area contributed by atoms with Crippen LogP contribution in [-0.2, 0) is 9.47 Å². The topological polar surface area (TPSA) is 38.7 Å². The monoisotopic (exact) mass is 286 g/mol. The molecule has 0 aliphatic carbocycles. The van der Waals surface area contributed by atoms with Gasteiger partial charge in [0.25, 0.3) is 0 Å². The van der Waals surface area contributed by atoms with Crippen molar-refractivity contribution in [2.24, 2.45) is 0 Å². The molecule has 21 heavy (non-hydrogen) atoms. The lowest BCUT2D eigenvalue weighted by atomic mass is 9.98. The van der Waals surface area contributed by atoms with E-state index in [2.05, 4.69) is 6.58 Å². The quantitative estimate of drug-likeness (QED) is 0.621. The third-order valence-corrected chi connectivity index (χ3v) is 3.49. The summed E-state index contributed by atoms with van der Waals surface area (Å²) in [6.45, 7) is 8.35. The smallest absolute Gasteiger partial charge is 0.218 e. The van der Waals surface area contributed by atoms with Crippen molar-refractivity contribution in [1.82, 2.24) is 0 Å². The summed E-state index contributed by atoms with van der Waals surface area (Å²) < 4.78 is 11.3. The molecule has 0 heterocycles. The highest BCUT2D eigenvalue weighted by Crippen LogP contribution is 2.33. The Morgan fingerprint density at radius 1 is 1.10 bits per heavy atom. The van der Waals surface area contributed by atoms with E-state index in [0.29, 0.717) is 13.2 Å². The van der Waals surface area contributed by atoms with E-state index in [9.17, 15) is 5.11 Å². The third-order valence-electron chi connectivity index (χ3n) is 3.49. The van der Waals surface area contributed by atoms with Crippen LogP contribution in [0.25, 0.3) is 10.8 Å². The highest BCUT2D eigenvalue weighted by atomic mass is 16.7. The summed E-state index contributed by atoms with van der Waals surface area (Å²) in [6.07, 6.45) is 0.597. The van der Waals surface area contributed by atoms with Gasteiger partial charge >= 0.3 is 0 Å². The summed E-state index contributed by atoms with van der Waals surface area (Å²) in [4.78, 5) is 0. The van der Waals surface area contributed by atoms with E-state index in [1.807, 2.05) is 56.3 Å². The molecule has 2 aromatic carbocycles. The van der Waals surface area contributed by atoms with Gasteiger partial charge in [-0.05, 0) is 42.3 Å². The van der Waals surface area contributed by atoms with Gasteiger partial charge in [-0.1, -0.05) is 43.0 Å². The highest BCUT2D eigenvalue weighted by molar-refractivity contribution is 5.83. The van der Waals surface area contributed by atoms with Crippen LogP contribution in [0.3, 0.4) is 0 Å². The zero-order chi connectivity index (χ0) is 15.3. The molecule has 0 aromatic heterocycles. The molecule has 1 N–H and O–H groups in total. The van der Waals surface area contributed by atoms with Crippen molar-refractivity contribution in [3.63, 3.8) is 0 Å². The molecule has 0 saturated heterocycles. The molecule has 3 nitrogen and oxygen atoms in total. The maximum Gasteiger partial charge on any atom is 0.218 e. The normalized spacial score (nSPS) is 13.3. The predicted molar refractivity (Wildman–Crippen MR) is 85.1 cm³/mol. The van der Waals surface area contributed by atoms with Crippen molar-refractivity contribution in [2.45, 2.75) is 25.7 Å². The molecule has 1 unspecified atom stereocenters.